The predicted octanol–water partition coefficient (Wildman–Crippen LogP) is 3.67. The lowest BCUT2D eigenvalue weighted by Crippen LogP contribution is -2.25. The maximum atomic E-state index is 11.9. The van der Waals surface area contributed by atoms with Gasteiger partial charge in [0.2, 0.25) is 0 Å². The minimum atomic E-state index is 0.0123. The third-order valence-corrected chi connectivity index (χ3v) is 3.77. The Bertz CT molecular complexity index is 502. The van der Waals surface area contributed by atoms with Gasteiger partial charge in [-0.15, -0.1) is 0 Å². The molecule has 1 amide bonds. The van der Waals surface area contributed by atoms with Gasteiger partial charge in [0.15, 0.2) is 0 Å². The van der Waals surface area contributed by atoms with E-state index in [1.165, 1.54) is 11.1 Å². The Labute approximate surface area is 118 Å². The van der Waals surface area contributed by atoms with E-state index in [1.807, 2.05) is 24.3 Å². The number of nitrogens with one attached hydrogen (secondary N) is 1. The van der Waals surface area contributed by atoms with Crippen LogP contribution in [-0.4, -0.2) is 12.5 Å². The van der Waals surface area contributed by atoms with Crippen LogP contribution in [0.1, 0.15) is 34.8 Å². The van der Waals surface area contributed by atoms with E-state index in [4.69, 9.17) is 0 Å². The molecule has 2 rings (SSSR count). The molecular weight excluding hydrogens is 254 g/mol. The van der Waals surface area contributed by atoms with Crippen molar-refractivity contribution in [1.82, 2.24) is 5.32 Å². The lowest BCUT2D eigenvalue weighted by Gasteiger charge is -2.05. The SMILES string of the molecule is CCCc1ccc(C(=O)NCCc2ccsc2)cc1. The van der Waals surface area contributed by atoms with Gasteiger partial charge in [-0.25, -0.2) is 0 Å². The minimum absolute atomic E-state index is 0.0123. The summed E-state index contributed by atoms with van der Waals surface area (Å²) in [4.78, 5) is 11.9. The summed E-state index contributed by atoms with van der Waals surface area (Å²) < 4.78 is 0. The van der Waals surface area contributed by atoms with Gasteiger partial charge in [0, 0.05) is 12.1 Å². The molecule has 0 aliphatic carbocycles. The van der Waals surface area contributed by atoms with E-state index in [2.05, 4.69) is 29.1 Å². The number of amides is 1. The molecule has 1 aromatic carbocycles. The molecule has 0 bridgehead atoms. The van der Waals surface area contributed by atoms with E-state index in [9.17, 15) is 4.79 Å². The first-order valence-electron chi connectivity index (χ1n) is 6.68. The Morgan fingerprint density at radius 3 is 2.53 bits per heavy atom. The summed E-state index contributed by atoms with van der Waals surface area (Å²) in [6, 6.07) is 9.99. The fourth-order valence-corrected chi connectivity index (χ4v) is 2.67. The van der Waals surface area contributed by atoms with Gasteiger partial charge >= 0.3 is 0 Å². The molecule has 3 heteroatoms. The maximum absolute atomic E-state index is 11.9. The molecule has 1 aromatic heterocycles. The zero-order valence-electron chi connectivity index (χ0n) is 11.2. The van der Waals surface area contributed by atoms with Crippen molar-refractivity contribution in [2.75, 3.05) is 6.54 Å². The molecule has 1 heterocycles. The number of thiophene rings is 1. The second kappa shape index (κ2) is 7.10. The molecule has 0 saturated carbocycles. The number of carbonyl (C=O) groups is 1. The molecule has 0 fully saturated rings. The smallest absolute Gasteiger partial charge is 0.251 e. The highest BCUT2D eigenvalue weighted by molar-refractivity contribution is 7.07. The van der Waals surface area contributed by atoms with Gasteiger partial charge in [-0.05, 0) is 52.9 Å². The van der Waals surface area contributed by atoms with E-state index in [0.717, 1.165) is 24.8 Å². The predicted molar refractivity (Wildman–Crippen MR) is 80.8 cm³/mol. The fourth-order valence-electron chi connectivity index (χ4n) is 1.97. The Morgan fingerprint density at radius 1 is 1.11 bits per heavy atom. The number of carbonyl (C=O) groups excluding carboxylic acids is 1. The van der Waals surface area contributed by atoms with Crippen molar-refractivity contribution in [3.05, 3.63) is 57.8 Å². The van der Waals surface area contributed by atoms with Crippen molar-refractivity contribution >= 4 is 17.2 Å². The zero-order valence-corrected chi connectivity index (χ0v) is 12.0. The van der Waals surface area contributed by atoms with Crippen molar-refractivity contribution in [3.63, 3.8) is 0 Å². The fraction of sp³-hybridized carbons (Fsp3) is 0.312. The molecule has 1 N–H and O–H groups in total. The summed E-state index contributed by atoms with van der Waals surface area (Å²) in [6.07, 6.45) is 3.09. The number of hydrogen-bond acceptors (Lipinski definition) is 2. The van der Waals surface area contributed by atoms with Crippen LogP contribution < -0.4 is 5.32 Å². The Kier molecular flexibility index (Phi) is 5.16. The standard InChI is InChI=1S/C16H19NOS/c1-2-3-13-4-6-15(7-5-13)16(18)17-10-8-14-9-11-19-12-14/h4-7,9,11-12H,2-3,8,10H2,1H3,(H,17,18). The second-order valence-electron chi connectivity index (χ2n) is 4.58. The minimum Gasteiger partial charge on any atom is -0.352 e. The highest BCUT2D eigenvalue weighted by Gasteiger charge is 2.04. The summed E-state index contributed by atoms with van der Waals surface area (Å²) in [5, 5.41) is 7.13. The van der Waals surface area contributed by atoms with Crippen molar-refractivity contribution in [1.29, 1.82) is 0 Å². The van der Waals surface area contributed by atoms with Crippen LogP contribution in [0, 0.1) is 0 Å². The molecule has 2 aromatic rings. The van der Waals surface area contributed by atoms with Crippen LogP contribution in [0.4, 0.5) is 0 Å². The van der Waals surface area contributed by atoms with Gasteiger partial charge in [-0.1, -0.05) is 25.5 Å². The van der Waals surface area contributed by atoms with Gasteiger partial charge in [-0.3, -0.25) is 4.79 Å². The maximum Gasteiger partial charge on any atom is 0.251 e. The zero-order chi connectivity index (χ0) is 13.5. The van der Waals surface area contributed by atoms with Crippen LogP contribution in [0.5, 0.6) is 0 Å². The van der Waals surface area contributed by atoms with Crippen LogP contribution >= 0.6 is 11.3 Å². The summed E-state index contributed by atoms with van der Waals surface area (Å²) in [5.74, 6) is 0.0123. The van der Waals surface area contributed by atoms with E-state index in [0.29, 0.717) is 6.54 Å². The monoisotopic (exact) mass is 273 g/mol. The van der Waals surface area contributed by atoms with Crippen molar-refractivity contribution in [2.45, 2.75) is 26.2 Å². The average Bonchev–Trinajstić information content (AvgIpc) is 2.93. The first-order chi connectivity index (χ1) is 9.29. The van der Waals surface area contributed by atoms with Crippen molar-refractivity contribution in [2.24, 2.45) is 0 Å². The van der Waals surface area contributed by atoms with Gasteiger partial charge in [-0.2, -0.15) is 11.3 Å². The molecule has 0 radical (unpaired) electrons. The average molecular weight is 273 g/mol. The summed E-state index contributed by atoms with van der Waals surface area (Å²) >= 11 is 1.69. The summed E-state index contributed by atoms with van der Waals surface area (Å²) in [7, 11) is 0. The summed E-state index contributed by atoms with van der Waals surface area (Å²) in [5.41, 5.74) is 3.31. The van der Waals surface area contributed by atoms with Crippen LogP contribution in [0.15, 0.2) is 41.1 Å². The van der Waals surface area contributed by atoms with E-state index < -0.39 is 0 Å². The highest BCUT2D eigenvalue weighted by Crippen LogP contribution is 2.08. The number of benzene rings is 1. The van der Waals surface area contributed by atoms with Gasteiger partial charge in [0.25, 0.3) is 5.91 Å². The van der Waals surface area contributed by atoms with Crippen LogP contribution in [0.25, 0.3) is 0 Å². The molecule has 0 atom stereocenters. The van der Waals surface area contributed by atoms with Crippen LogP contribution in [0.2, 0.25) is 0 Å². The molecule has 0 spiro atoms. The van der Waals surface area contributed by atoms with Crippen molar-refractivity contribution < 1.29 is 4.79 Å². The molecule has 100 valence electrons. The Balaban J connectivity index is 1.82. The number of aryl methyl sites for hydroxylation is 1. The quantitative estimate of drug-likeness (QED) is 0.854. The number of hydrogen-bond donors (Lipinski definition) is 1. The van der Waals surface area contributed by atoms with E-state index in [-0.39, 0.29) is 5.91 Å². The molecular formula is C16H19NOS. The second-order valence-corrected chi connectivity index (χ2v) is 5.36. The Morgan fingerprint density at radius 2 is 1.89 bits per heavy atom. The van der Waals surface area contributed by atoms with Crippen LogP contribution in [-0.2, 0) is 12.8 Å². The topological polar surface area (TPSA) is 29.1 Å². The molecule has 19 heavy (non-hydrogen) atoms. The first kappa shape index (κ1) is 13.8. The lowest BCUT2D eigenvalue weighted by atomic mass is 10.1. The molecule has 0 unspecified atom stereocenters. The van der Waals surface area contributed by atoms with Gasteiger partial charge in [0.1, 0.15) is 0 Å². The third-order valence-electron chi connectivity index (χ3n) is 3.03. The van der Waals surface area contributed by atoms with Gasteiger partial charge < -0.3 is 5.32 Å². The molecule has 0 aliphatic heterocycles. The number of rotatable bonds is 6. The lowest BCUT2D eigenvalue weighted by molar-refractivity contribution is 0.0954. The van der Waals surface area contributed by atoms with E-state index in [1.54, 1.807) is 11.3 Å². The molecule has 2 nitrogen and oxygen atoms in total. The third kappa shape index (κ3) is 4.21. The largest absolute Gasteiger partial charge is 0.352 e. The summed E-state index contributed by atoms with van der Waals surface area (Å²) in [6.45, 7) is 2.84. The van der Waals surface area contributed by atoms with Crippen LogP contribution in [0.3, 0.4) is 0 Å². The normalized spacial score (nSPS) is 10.4. The first-order valence-corrected chi connectivity index (χ1v) is 7.62. The molecule has 0 saturated heterocycles. The molecule has 0 aliphatic rings. The Hall–Kier alpha value is -1.61. The van der Waals surface area contributed by atoms with Gasteiger partial charge in [0.05, 0.1) is 0 Å². The van der Waals surface area contributed by atoms with Crippen molar-refractivity contribution in [3.8, 4) is 0 Å². The van der Waals surface area contributed by atoms with E-state index >= 15 is 0 Å². The highest BCUT2D eigenvalue weighted by atomic mass is 32.1.